The van der Waals surface area contributed by atoms with Crippen LogP contribution in [0.25, 0.3) is 22.5 Å². The summed E-state index contributed by atoms with van der Waals surface area (Å²) in [6.45, 7) is 0. The maximum atomic E-state index is 6.28. The van der Waals surface area contributed by atoms with Gasteiger partial charge in [-0.2, -0.15) is 5.10 Å². The number of hydrogen-bond acceptors (Lipinski definition) is 3. The van der Waals surface area contributed by atoms with Gasteiger partial charge in [-0.3, -0.25) is 9.67 Å². The van der Waals surface area contributed by atoms with E-state index in [-0.39, 0.29) is 0 Å². The van der Waals surface area contributed by atoms with Crippen molar-refractivity contribution in [2.24, 2.45) is 7.05 Å². The average molecular weight is 319 g/mol. The molecule has 0 unspecified atom stereocenters. The Labute approximate surface area is 132 Å². The first-order chi connectivity index (χ1) is 10.1. The minimum atomic E-state index is 0.528. The number of pyridine rings is 1. The van der Waals surface area contributed by atoms with Crippen LogP contribution in [0, 0.1) is 0 Å². The molecule has 2 heterocycles. The van der Waals surface area contributed by atoms with Crippen LogP contribution in [-0.2, 0) is 7.05 Å². The third kappa shape index (κ3) is 2.48. The highest BCUT2D eigenvalue weighted by Gasteiger charge is 2.20. The summed E-state index contributed by atoms with van der Waals surface area (Å²) in [7, 11) is 1.78. The van der Waals surface area contributed by atoms with Crippen molar-refractivity contribution in [3.05, 3.63) is 52.6 Å². The molecule has 0 atom stereocenters. The van der Waals surface area contributed by atoms with Gasteiger partial charge in [0.05, 0.1) is 16.3 Å². The molecule has 0 fully saturated rings. The Kier molecular flexibility index (Phi) is 3.57. The van der Waals surface area contributed by atoms with Gasteiger partial charge >= 0.3 is 0 Å². The van der Waals surface area contributed by atoms with E-state index >= 15 is 0 Å². The number of rotatable bonds is 2. The fourth-order valence-corrected chi connectivity index (χ4v) is 2.55. The molecule has 0 saturated heterocycles. The molecule has 21 heavy (non-hydrogen) atoms. The highest BCUT2D eigenvalue weighted by atomic mass is 35.5. The van der Waals surface area contributed by atoms with Crippen molar-refractivity contribution >= 4 is 29.0 Å². The van der Waals surface area contributed by atoms with Gasteiger partial charge in [-0.25, -0.2) is 0 Å². The van der Waals surface area contributed by atoms with E-state index in [2.05, 4.69) is 10.1 Å². The summed E-state index contributed by atoms with van der Waals surface area (Å²) in [5, 5.41) is 5.62. The van der Waals surface area contributed by atoms with Crippen molar-refractivity contribution in [2.45, 2.75) is 0 Å². The summed E-state index contributed by atoms with van der Waals surface area (Å²) >= 11 is 12.4. The molecule has 106 valence electrons. The molecule has 3 aromatic rings. The molecule has 0 spiro atoms. The van der Waals surface area contributed by atoms with Gasteiger partial charge in [-0.15, -0.1) is 0 Å². The van der Waals surface area contributed by atoms with Crippen molar-refractivity contribution in [2.75, 3.05) is 5.73 Å². The van der Waals surface area contributed by atoms with Crippen LogP contribution in [0.15, 0.2) is 42.6 Å². The molecule has 0 bridgehead atoms. The van der Waals surface area contributed by atoms with Crippen molar-refractivity contribution in [3.8, 4) is 22.5 Å². The topological polar surface area (TPSA) is 56.7 Å². The Morgan fingerprint density at radius 3 is 2.67 bits per heavy atom. The Morgan fingerprint density at radius 2 is 1.95 bits per heavy atom. The molecule has 0 aliphatic rings. The van der Waals surface area contributed by atoms with Crippen LogP contribution < -0.4 is 5.73 Å². The van der Waals surface area contributed by atoms with Crippen molar-refractivity contribution < 1.29 is 0 Å². The standard InChI is InChI=1S/C15H12Cl2N4/c1-21-15(18)13(12-4-2-3-7-19-12)14(20-21)10-8-9(16)5-6-11(10)17/h2-8H,18H2,1H3. The van der Waals surface area contributed by atoms with Crippen LogP contribution in [0.4, 0.5) is 5.82 Å². The largest absolute Gasteiger partial charge is 0.383 e. The molecule has 2 N–H and O–H groups in total. The fraction of sp³-hybridized carbons (Fsp3) is 0.0667. The third-order valence-electron chi connectivity index (χ3n) is 3.20. The van der Waals surface area contributed by atoms with Crippen molar-refractivity contribution in [1.82, 2.24) is 14.8 Å². The molecule has 0 amide bonds. The minimum Gasteiger partial charge on any atom is -0.383 e. The normalized spacial score (nSPS) is 10.8. The van der Waals surface area contributed by atoms with E-state index < -0.39 is 0 Å². The van der Waals surface area contributed by atoms with Crippen LogP contribution >= 0.6 is 23.2 Å². The SMILES string of the molecule is Cn1nc(-c2cc(Cl)ccc2Cl)c(-c2ccccn2)c1N. The highest BCUT2D eigenvalue weighted by Crippen LogP contribution is 2.38. The summed E-state index contributed by atoms with van der Waals surface area (Å²) in [5.41, 5.74) is 9.04. The van der Waals surface area contributed by atoms with Gasteiger partial charge in [0.2, 0.25) is 0 Å². The number of benzene rings is 1. The highest BCUT2D eigenvalue weighted by molar-refractivity contribution is 6.35. The van der Waals surface area contributed by atoms with Crippen molar-refractivity contribution in [1.29, 1.82) is 0 Å². The lowest BCUT2D eigenvalue weighted by atomic mass is 10.0. The summed E-state index contributed by atoms with van der Waals surface area (Å²) in [6, 6.07) is 10.9. The first kappa shape index (κ1) is 13.9. The first-order valence-corrected chi connectivity index (χ1v) is 7.03. The first-order valence-electron chi connectivity index (χ1n) is 6.27. The van der Waals surface area contributed by atoms with Gasteiger partial charge in [-0.1, -0.05) is 29.3 Å². The number of aromatic nitrogens is 3. The molecular formula is C15H12Cl2N4. The Hall–Kier alpha value is -2.04. The minimum absolute atomic E-state index is 0.528. The maximum Gasteiger partial charge on any atom is 0.131 e. The zero-order chi connectivity index (χ0) is 15.0. The van der Waals surface area contributed by atoms with Gasteiger partial charge in [0.15, 0.2) is 0 Å². The fourth-order valence-electron chi connectivity index (χ4n) is 2.17. The second-order valence-electron chi connectivity index (χ2n) is 4.57. The van der Waals surface area contributed by atoms with E-state index in [1.54, 1.807) is 36.1 Å². The summed E-state index contributed by atoms with van der Waals surface area (Å²) in [5.74, 6) is 0.528. The van der Waals surface area contributed by atoms with Crippen LogP contribution in [-0.4, -0.2) is 14.8 Å². The number of nitrogens with zero attached hydrogens (tertiary/aromatic N) is 3. The van der Waals surface area contributed by atoms with E-state index in [9.17, 15) is 0 Å². The smallest absolute Gasteiger partial charge is 0.131 e. The molecule has 0 radical (unpaired) electrons. The third-order valence-corrected chi connectivity index (χ3v) is 3.76. The van der Waals surface area contributed by atoms with Gasteiger partial charge in [0.25, 0.3) is 0 Å². The molecule has 0 aliphatic carbocycles. The predicted molar refractivity (Wildman–Crippen MR) is 86.3 cm³/mol. The molecule has 3 rings (SSSR count). The molecule has 0 aliphatic heterocycles. The summed E-state index contributed by atoms with van der Waals surface area (Å²) in [6.07, 6.45) is 1.71. The maximum absolute atomic E-state index is 6.28. The van der Waals surface area contributed by atoms with E-state index in [1.807, 2.05) is 18.2 Å². The lowest BCUT2D eigenvalue weighted by Gasteiger charge is -2.05. The zero-order valence-electron chi connectivity index (χ0n) is 11.2. The number of halogens is 2. The van der Waals surface area contributed by atoms with Gasteiger partial charge in [0.1, 0.15) is 11.5 Å². The van der Waals surface area contributed by atoms with E-state index in [0.29, 0.717) is 21.6 Å². The second-order valence-corrected chi connectivity index (χ2v) is 5.42. The Bertz CT molecular complexity index is 797. The van der Waals surface area contributed by atoms with Crippen LogP contribution in [0.5, 0.6) is 0 Å². The molecule has 6 heteroatoms. The molecule has 4 nitrogen and oxygen atoms in total. The Balaban J connectivity index is 2.29. The van der Waals surface area contributed by atoms with Gasteiger partial charge in [-0.05, 0) is 30.3 Å². The van der Waals surface area contributed by atoms with E-state index in [0.717, 1.165) is 16.8 Å². The van der Waals surface area contributed by atoms with Crippen LogP contribution in [0.1, 0.15) is 0 Å². The van der Waals surface area contributed by atoms with Crippen molar-refractivity contribution in [3.63, 3.8) is 0 Å². The molecule has 1 aromatic carbocycles. The summed E-state index contributed by atoms with van der Waals surface area (Å²) < 4.78 is 1.61. The lowest BCUT2D eigenvalue weighted by molar-refractivity contribution is 0.782. The quantitative estimate of drug-likeness (QED) is 0.775. The zero-order valence-corrected chi connectivity index (χ0v) is 12.7. The monoisotopic (exact) mass is 318 g/mol. The number of nitrogens with two attached hydrogens (primary N) is 1. The molecule has 0 saturated carbocycles. The van der Waals surface area contributed by atoms with E-state index in [4.69, 9.17) is 28.9 Å². The number of anilines is 1. The number of hydrogen-bond donors (Lipinski definition) is 1. The number of nitrogen functional groups attached to an aromatic ring is 1. The Morgan fingerprint density at radius 1 is 1.14 bits per heavy atom. The number of aryl methyl sites for hydroxylation is 1. The average Bonchev–Trinajstić information content (AvgIpc) is 2.78. The molecule has 2 aromatic heterocycles. The second kappa shape index (κ2) is 5.39. The van der Waals surface area contributed by atoms with Gasteiger partial charge < -0.3 is 5.73 Å². The van der Waals surface area contributed by atoms with Crippen LogP contribution in [0.2, 0.25) is 10.0 Å². The molecular weight excluding hydrogens is 307 g/mol. The van der Waals surface area contributed by atoms with Crippen LogP contribution in [0.3, 0.4) is 0 Å². The summed E-state index contributed by atoms with van der Waals surface area (Å²) in [4.78, 5) is 4.35. The van der Waals surface area contributed by atoms with Gasteiger partial charge in [0, 0.05) is 23.8 Å². The predicted octanol–water partition coefficient (Wildman–Crippen LogP) is 4.04. The van der Waals surface area contributed by atoms with E-state index in [1.165, 1.54) is 0 Å². The lowest BCUT2D eigenvalue weighted by Crippen LogP contribution is -1.98.